The molecule has 1 heterocycles. The third-order valence-corrected chi connectivity index (χ3v) is 6.00. The van der Waals surface area contributed by atoms with Crippen molar-refractivity contribution in [2.24, 2.45) is 0 Å². The van der Waals surface area contributed by atoms with Gasteiger partial charge in [0.25, 0.3) is 5.91 Å². The number of benzene rings is 3. The van der Waals surface area contributed by atoms with Gasteiger partial charge in [0.1, 0.15) is 5.75 Å². The first-order valence-electron chi connectivity index (χ1n) is 11.1. The van der Waals surface area contributed by atoms with E-state index < -0.39 is 6.86 Å². The fourth-order valence-corrected chi connectivity index (χ4v) is 4.51. The van der Waals surface area contributed by atoms with Gasteiger partial charge in [0.05, 0.1) is 6.04 Å². The van der Waals surface area contributed by atoms with Gasteiger partial charge in [-0.05, 0) is 55.3 Å². The van der Waals surface area contributed by atoms with E-state index in [1.807, 2.05) is 73.3 Å². The third-order valence-electron chi connectivity index (χ3n) is 6.00. The van der Waals surface area contributed by atoms with Gasteiger partial charge in [-0.2, -0.15) is 0 Å². The lowest BCUT2D eigenvalue weighted by Gasteiger charge is -2.43. The van der Waals surface area contributed by atoms with E-state index in [1.165, 1.54) is 0 Å². The summed E-state index contributed by atoms with van der Waals surface area (Å²) in [6.45, 7) is 2.89. The second kappa shape index (κ2) is 9.86. The number of ether oxygens (including phenoxy) is 1. The molecule has 3 aromatic rings. The molecule has 0 saturated heterocycles. The highest BCUT2D eigenvalue weighted by molar-refractivity contribution is 6.08. The first kappa shape index (κ1) is 22.5. The number of hydrogen-bond donors (Lipinski definition) is 0. The van der Waals surface area contributed by atoms with Gasteiger partial charge >= 0.3 is 0 Å². The average molecular weight is 447 g/mol. The van der Waals surface area contributed by atoms with Crippen LogP contribution in [-0.2, 0) is 4.79 Å². The SMILES string of the molecule is CCC(=O)N(c1ccccc1)[C@@H]1C[C@H](C)N(C(=O)c2cccc(OCF)c2)c2ccccc21. The van der Waals surface area contributed by atoms with Crippen LogP contribution in [0.4, 0.5) is 15.8 Å². The van der Waals surface area contributed by atoms with Crippen molar-refractivity contribution in [3.05, 3.63) is 90.0 Å². The van der Waals surface area contributed by atoms with Crippen LogP contribution in [0.5, 0.6) is 5.75 Å². The molecule has 3 aromatic carbocycles. The van der Waals surface area contributed by atoms with Crippen LogP contribution in [-0.4, -0.2) is 24.7 Å². The zero-order valence-corrected chi connectivity index (χ0v) is 18.8. The second-order valence-electron chi connectivity index (χ2n) is 8.07. The molecule has 6 heteroatoms. The van der Waals surface area contributed by atoms with Crippen LogP contribution in [0.25, 0.3) is 0 Å². The van der Waals surface area contributed by atoms with Crippen LogP contribution in [0.1, 0.15) is 48.7 Å². The van der Waals surface area contributed by atoms with Crippen LogP contribution < -0.4 is 14.5 Å². The van der Waals surface area contributed by atoms with Crippen LogP contribution >= 0.6 is 0 Å². The Morgan fingerprint density at radius 3 is 2.48 bits per heavy atom. The van der Waals surface area contributed by atoms with Crippen molar-refractivity contribution in [3.63, 3.8) is 0 Å². The number of rotatable bonds is 6. The molecule has 33 heavy (non-hydrogen) atoms. The van der Waals surface area contributed by atoms with E-state index in [0.29, 0.717) is 24.2 Å². The lowest BCUT2D eigenvalue weighted by molar-refractivity contribution is -0.118. The van der Waals surface area contributed by atoms with Crippen molar-refractivity contribution >= 4 is 23.2 Å². The van der Waals surface area contributed by atoms with Crippen molar-refractivity contribution in [1.29, 1.82) is 0 Å². The van der Waals surface area contributed by atoms with Crippen molar-refractivity contribution in [2.45, 2.75) is 38.8 Å². The van der Waals surface area contributed by atoms with E-state index in [-0.39, 0.29) is 23.9 Å². The van der Waals surface area contributed by atoms with E-state index in [0.717, 1.165) is 16.9 Å². The molecule has 2 atom stereocenters. The molecule has 4 rings (SSSR count). The molecule has 0 aliphatic carbocycles. The van der Waals surface area contributed by atoms with Crippen LogP contribution in [0.15, 0.2) is 78.9 Å². The van der Waals surface area contributed by atoms with Crippen molar-refractivity contribution < 1.29 is 18.7 Å². The molecule has 170 valence electrons. The van der Waals surface area contributed by atoms with E-state index in [4.69, 9.17) is 4.74 Å². The number of hydrogen-bond acceptors (Lipinski definition) is 3. The predicted molar refractivity (Wildman–Crippen MR) is 127 cm³/mol. The monoisotopic (exact) mass is 446 g/mol. The minimum Gasteiger partial charge on any atom is -0.463 e. The molecule has 0 saturated carbocycles. The van der Waals surface area contributed by atoms with Crippen molar-refractivity contribution in [1.82, 2.24) is 0 Å². The zero-order chi connectivity index (χ0) is 23.4. The average Bonchev–Trinajstić information content (AvgIpc) is 2.85. The molecule has 1 aliphatic rings. The molecular formula is C27H27FN2O3. The highest BCUT2D eigenvalue weighted by atomic mass is 19.1. The number of fused-ring (bicyclic) bond motifs is 1. The molecule has 0 radical (unpaired) electrons. The first-order chi connectivity index (χ1) is 16.0. The summed E-state index contributed by atoms with van der Waals surface area (Å²) >= 11 is 0. The summed E-state index contributed by atoms with van der Waals surface area (Å²) in [4.78, 5) is 30.2. The minimum atomic E-state index is -0.955. The summed E-state index contributed by atoms with van der Waals surface area (Å²) in [5, 5.41) is 0. The Morgan fingerprint density at radius 2 is 1.76 bits per heavy atom. The largest absolute Gasteiger partial charge is 0.463 e. The summed E-state index contributed by atoms with van der Waals surface area (Å²) in [6, 6.07) is 23.6. The first-order valence-corrected chi connectivity index (χ1v) is 11.1. The number of nitrogens with zero attached hydrogens (tertiary/aromatic N) is 2. The van der Waals surface area contributed by atoms with Gasteiger partial charge < -0.3 is 14.5 Å². The van der Waals surface area contributed by atoms with Crippen LogP contribution in [0.3, 0.4) is 0 Å². The number of anilines is 2. The van der Waals surface area contributed by atoms with Crippen molar-refractivity contribution in [3.8, 4) is 5.75 Å². The maximum Gasteiger partial charge on any atom is 0.258 e. The molecule has 0 bridgehead atoms. The Morgan fingerprint density at radius 1 is 1.03 bits per heavy atom. The van der Waals surface area contributed by atoms with E-state index in [2.05, 4.69) is 0 Å². The molecule has 0 fully saturated rings. The summed E-state index contributed by atoms with van der Waals surface area (Å²) in [5.41, 5.74) is 2.96. The number of para-hydroxylation sites is 2. The summed E-state index contributed by atoms with van der Waals surface area (Å²) in [7, 11) is 0. The summed E-state index contributed by atoms with van der Waals surface area (Å²) in [5.74, 6) is 0.151. The number of alkyl halides is 1. The van der Waals surface area contributed by atoms with Crippen molar-refractivity contribution in [2.75, 3.05) is 16.7 Å². The molecule has 0 unspecified atom stereocenters. The fourth-order valence-electron chi connectivity index (χ4n) is 4.51. The van der Waals surface area contributed by atoms with Gasteiger partial charge in [0, 0.05) is 29.4 Å². The Balaban J connectivity index is 1.76. The Bertz CT molecular complexity index is 1130. The number of carbonyl (C=O) groups excluding carboxylic acids is 2. The molecule has 1 aliphatic heterocycles. The molecule has 5 nitrogen and oxygen atoms in total. The normalized spacial score (nSPS) is 17.2. The molecular weight excluding hydrogens is 419 g/mol. The summed E-state index contributed by atoms with van der Waals surface area (Å²) in [6.07, 6.45) is 0.968. The molecule has 0 spiro atoms. The minimum absolute atomic E-state index is 0.0315. The lowest BCUT2D eigenvalue weighted by Crippen LogP contribution is -2.47. The predicted octanol–water partition coefficient (Wildman–Crippen LogP) is 5.92. The number of halogens is 1. The van der Waals surface area contributed by atoms with Crippen LogP contribution in [0.2, 0.25) is 0 Å². The Kier molecular flexibility index (Phi) is 6.73. The Hall–Kier alpha value is -3.67. The smallest absolute Gasteiger partial charge is 0.258 e. The van der Waals surface area contributed by atoms with Gasteiger partial charge in [-0.1, -0.05) is 49.4 Å². The zero-order valence-electron chi connectivity index (χ0n) is 18.8. The van der Waals surface area contributed by atoms with Gasteiger partial charge in [-0.3, -0.25) is 9.59 Å². The summed E-state index contributed by atoms with van der Waals surface area (Å²) < 4.78 is 17.6. The number of amides is 2. The number of carbonyl (C=O) groups is 2. The lowest BCUT2D eigenvalue weighted by atomic mass is 9.89. The van der Waals surface area contributed by atoms with Gasteiger partial charge in [-0.25, -0.2) is 4.39 Å². The van der Waals surface area contributed by atoms with Crippen LogP contribution in [0, 0.1) is 0 Å². The quantitative estimate of drug-likeness (QED) is 0.473. The highest BCUT2D eigenvalue weighted by Crippen LogP contribution is 2.43. The Labute approximate surface area is 193 Å². The maximum absolute atomic E-state index is 13.6. The highest BCUT2D eigenvalue weighted by Gasteiger charge is 2.38. The van der Waals surface area contributed by atoms with Gasteiger partial charge in [-0.15, -0.1) is 0 Å². The second-order valence-corrected chi connectivity index (χ2v) is 8.07. The molecule has 0 N–H and O–H groups in total. The van der Waals surface area contributed by atoms with Gasteiger partial charge in [0.2, 0.25) is 12.8 Å². The third kappa shape index (κ3) is 4.46. The fraction of sp³-hybridized carbons (Fsp3) is 0.259. The molecule has 2 amide bonds. The standard InChI is InChI=1S/C27H27FN2O3/c1-3-26(31)30(21-11-5-4-6-12-21)25-16-19(2)29(24-15-8-7-14-23(24)25)27(32)20-10-9-13-22(17-20)33-18-28/h4-15,17,19,25H,3,16,18H2,1-2H3/t19-,25+/m0/s1. The van der Waals surface area contributed by atoms with Gasteiger partial charge in [0.15, 0.2) is 0 Å². The van der Waals surface area contributed by atoms with E-state index >= 15 is 0 Å². The van der Waals surface area contributed by atoms with E-state index in [9.17, 15) is 14.0 Å². The maximum atomic E-state index is 13.6. The topological polar surface area (TPSA) is 49.9 Å². The van der Waals surface area contributed by atoms with E-state index in [1.54, 1.807) is 29.2 Å². The molecule has 0 aromatic heterocycles.